The number of esters is 1. The lowest BCUT2D eigenvalue weighted by Gasteiger charge is -2.50. The normalized spacial score (nSPS) is 23.8. The molecule has 0 unspecified atom stereocenters. The van der Waals surface area contributed by atoms with Crippen LogP contribution in [0.1, 0.15) is 49.7 Å². The quantitative estimate of drug-likeness (QED) is 0.578. The number of methoxy groups -OCH3 is 1. The predicted octanol–water partition coefficient (Wildman–Crippen LogP) is 4.91. The Labute approximate surface area is 197 Å². The van der Waals surface area contributed by atoms with Crippen molar-refractivity contribution < 1.29 is 13.9 Å². The summed E-state index contributed by atoms with van der Waals surface area (Å²) in [4.78, 5) is 14.7. The van der Waals surface area contributed by atoms with E-state index in [-0.39, 0.29) is 29.0 Å². The van der Waals surface area contributed by atoms with E-state index in [1.54, 1.807) is 6.07 Å². The van der Waals surface area contributed by atoms with E-state index in [4.69, 9.17) is 10.5 Å². The molecule has 178 valence electrons. The molecule has 1 aliphatic carbocycles. The van der Waals surface area contributed by atoms with Crippen LogP contribution in [0.25, 0.3) is 0 Å². The van der Waals surface area contributed by atoms with Gasteiger partial charge in [-0.1, -0.05) is 48.9 Å². The number of piperidine rings is 1. The number of carbonyl (C=O) groups is 1. The number of nitrogens with zero attached hydrogens (tertiary/aromatic N) is 1. The summed E-state index contributed by atoms with van der Waals surface area (Å²) in [6.07, 6.45) is 5.59. The molecular formula is C28H37FN2O2. The second-order valence-electron chi connectivity index (χ2n) is 9.87. The zero-order valence-corrected chi connectivity index (χ0v) is 19.7. The van der Waals surface area contributed by atoms with Crippen LogP contribution in [0.3, 0.4) is 0 Å². The summed E-state index contributed by atoms with van der Waals surface area (Å²) < 4.78 is 19.4. The van der Waals surface area contributed by atoms with Gasteiger partial charge in [0, 0.05) is 24.9 Å². The summed E-state index contributed by atoms with van der Waals surface area (Å²) in [5.41, 5.74) is 8.65. The first-order chi connectivity index (χ1) is 16.1. The monoisotopic (exact) mass is 452 g/mol. The summed E-state index contributed by atoms with van der Waals surface area (Å²) in [6.45, 7) is 3.44. The van der Waals surface area contributed by atoms with Gasteiger partial charge in [0.05, 0.1) is 7.11 Å². The van der Waals surface area contributed by atoms with Crippen molar-refractivity contribution in [3.05, 3.63) is 71.5 Å². The number of carbonyl (C=O) groups excluding carboxylic acids is 1. The van der Waals surface area contributed by atoms with Crippen molar-refractivity contribution in [2.24, 2.45) is 23.5 Å². The molecule has 1 heterocycles. The van der Waals surface area contributed by atoms with Crippen molar-refractivity contribution in [1.29, 1.82) is 0 Å². The Balaban J connectivity index is 1.60. The molecule has 1 saturated heterocycles. The van der Waals surface area contributed by atoms with E-state index in [0.717, 1.165) is 57.3 Å². The summed E-state index contributed by atoms with van der Waals surface area (Å²) in [5, 5.41) is 0. The molecule has 0 spiro atoms. The number of nitrogens with two attached hydrogens (primary N) is 1. The van der Waals surface area contributed by atoms with Crippen LogP contribution >= 0.6 is 0 Å². The first-order valence-corrected chi connectivity index (χ1v) is 12.4. The van der Waals surface area contributed by atoms with E-state index in [2.05, 4.69) is 41.3 Å². The highest BCUT2D eigenvalue weighted by molar-refractivity contribution is 5.69. The van der Waals surface area contributed by atoms with Crippen LogP contribution in [-0.4, -0.2) is 37.6 Å². The smallest absolute Gasteiger partial charge is 0.305 e. The van der Waals surface area contributed by atoms with Gasteiger partial charge in [-0.2, -0.15) is 0 Å². The standard InChI is InChI=1S/C28H37FN2O2/c1-33-27(32)17-22-9-5-12-26(22)28(20-30,24-10-6-11-25(29)18-24)23-13-15-31(16-14-23)19-21-7-3-2-4-8-21/h2-4,6-8,10-11,18,22-23,26H,5,9,12-17,19-20,30H2,1H3/t22-,26+,28+/m1/s1. The third-order valence-electron chi connectivity index (χ3n) is 8.24. The van der Waals surface area contributed by atoms with Crippen molar-refractivity contribution in [1.82, 2.24) is 4.90 Å². The Morgan fingerprint density at radius 3 is 2.52 bits per heavy atom. The zero-order valence-electron chi connectivity index (χ0n) is 19.7. The fraction of sp³-hybridized carbons (Fsp3) is 0.536. The lowest BCUT2D eigenvalue weighted by atomic mass is 9.57. The molecule has 0 aromatic heterocycles. The summed E-state index contributed by atoms with van der Waals surface area (Å²) in [5.74, 6) is 0.476. The average Bonchev–Trinajstić information content (AvgIpc) is 3.30. The largest absolute Gasteiger partial charge is 0.469 e. The van der Waals surface area contributed by atoms with E-state index < -0.39 is 0 Å². The molecule has 4 rings (SSSR count). The van der Waals surface area contributed by atoms with Gasteiger partial charge in [0.25, 0.3) is 0 Å². The highest BCUT2D eigenvalue weighted by Gasteiger charge is 2.51. The third kappa shape index (κ3) is 5.15. The van der Waals surface area contributed by atoms with Crippen molar-refractivity contribution in [3.8, 4) is 0 Å². The van der Waals surface area contributed by atoms with Gasteiger partial charge in [-0.3, -0.25) is 9.69 Å². The molecule has 5 heteroatoms. The Morgan fingerprint density at radius 2 is 1.85 bits per heavy atom. The van der Waals surface area contributed by atoms with Gasteiger partial charge in [0.2, 0.25) is 0 Å². The molecular weight excluding hydrogens is 415 g/mol. The number of rotatable bonds is 8. The molecule has 0 bridgehead atoms. The number of hydrogen-bond acceptors (Lipinski definition) is 4. The van der Waals surface area contributed by atoms with Gasteiger partial charge in [0.15, 0.2) is 0 Å². The number of likely N-dealkylation sites (tertiary alicyclic amines) is 1. The van der Waals surface area contributed by atoms with E-state index >= 15 is 0 Å². The van der Waals surface area contributed by atoms with E-state index in [1.807, 2.05) is 6.07 Å². The lowest BCUT2D eigenvalue weighted by molar-refractivity contribution is -0.142. The second-order valence-corrected chi connectivity index (χ2v) is 9.87. The van der Waals surface area contributed by atoms with Crippen molar-refractivity contribution in [2.75, 3.05) is 26.7 Å². The number of benzene rings is 2. The van der Waals surface area contributed by atoms with Crippen LogP contribution in [-0.2, 0) is 21.5 Å². The Kier molecular flexibility index (Phi) is 7.82. The van der Waals surface area contributed by atoms with Gasteiger partial charge >= 0.3 is 5.97 Å². The molecule has 3 atom stereocenters. The van der Waals surface area contributed by atoms with Crippen molar-refractivity contribution in [3.63, 3.8) is 0 Å². The molecule has 0 radical (unpaired) electrons. The number of halogens is 1. The second kappa shape index (κ2) is 10.8. The molecule has 2 aromatic rings. The summed E-state index contributed by atoms with van der Waals surface area (Å²) >= 11 is 0. The maximum Gasteiger partial charge on any atom is 0.305 e. The maximum atomic E-state index is 14.4. The SMILES string of the molecule is COC(=O)C[C@H]1CCC[C@@H]1[C@](CN)(c1cccc(F)c1)C1CCN(Cc2ccccc2)CC1. The summed E-state index contributed by atoms with van der Waals surface area (Å²) in [7, 11) is 1.46. The van der Waals surface area contributed by atoms with Gasteiger partial charge in [-0.05, 0) is 79.8 Å². The zero-order chi connectivity index (χ0) is 23.3. The molecule has 2 N–H and O–H groups in total. The summed E-state index contributed by atoms with van der Waals surface area (Å²) in [6, 6.07) is 17.7. The number of hydrogen-bond donors (Lipinski definition) is 1. The lowest BCUT2D eigenvalue weighted by Crippen LogP contribution is -2.53. The Hall–Kier alpha value is -2.24. The molecule has 33 heavy (non-hydrogen) atoms. The molecule has 2 aromatic carbocycles. The van der Waals surface area contributed by atoms with Gasteiger partial charge in [0.1, 0.15) is 5.82 Å². The van der Waals surface area contributed by atoms with Gasteiger partial charge < -0.3 is 10.5 Å². The van der Waals surface area contributed by atoms with Crippen LogP contribution in [0.5, 0.6) is 0 Å². The molecule has 2 fully saturated rings. The van der Waals surface area contributed by atoms with Crippen LogP contribution in [0.4, 0.5) is 4.39 Å². The first-order valence-electron chi connectivity index (χ1n) is 12.4. The fourth-order valence-electron chi connectivity index (χ4n) is 6.67. The molecule has 1 aliphatic heterocycles. The molecule has 4 nitrogen and oxygen atoms in total. The maximum absolute atomic E-state index is 14.4. The van der Waals surface area contributed by atoms with E-state index in [0.29, 0.717) is 18.9 Å². The minimum Gasteiger partial charge on any atom is -0.469 e. The van der Waals surface area contributed by atoms with Crippen LogP contribution in [0, 0.1) is 23.6 Å². The minimum absolute atomic E-state index is 0.158. The van der Waals surface area contributed by atoms with Crippen LogP contribution < -0.4 is 5.73 Å². The van der Waals surface area contributed by atoms with E-state index in [1.165, 1.54) is 18.7 Å². The topological polar surface area (TPSA) is 55.6 Å². The Bertz CT molecular complexity index is 913. The number of ether oxygens (including phenoxy) is 1. The van der Waals surface area contributed by atoms with Crippen molar-refractivity contribution >= 4 is 5.97 Å². The minimum atomic E-state index is -0.323. The Morgan fingerprint density at radius 1 is 1.09 bits per heavy atom. The van der Waals surface area contributed by atoms with Gasteiger partial charge in [-0.15, -0.1) is 0 Å². The highest BCUT2D eigenvalue weighted by Crippen LogP contribution is 2.53. The van der Waals surface area contributed by atoms with Crippen molar-refractivity contribution in [2.45, 2.75) is 50.5 Å². The third-order valence-corrected chi connectivity index (χ3v) is 8.24. The predicted molar refractivity (Wildman–Crippen MR) is 129 cm³/mol. The fourth-order valence-corrected chi connectivity index (χ4v) is 6.67. The average molecular weight is 453 g/mol. The first kappa shape index (κ1) is 23.9. The molecule has 1 saturated carbocycles. The molecule has 0 amide bonds. The van der Waals surface area contributed by atoms with Crippen LogP contribution in [0.15, 0.2) is 54.6 Å². The van der Waals surface area contributed by atoms with Crippen LogP contribution in [0.2, 0.25) is 0 Å². The molecule has 2 aliphatic rings. The van der Waals surface area contributed by atoms with Gasteiger partial charge in [-0.25, -0.2) is 4.39 Å². The highest BCUT2D eigenvalue weighted by atomic mass is 19.1. The van der Waals surface area contributed by atoms with E-state index in [9.17, 15) is 9.18 Å².